The van der Waals surface area contributed by atoms with Crippen molar-refractivity contribution in [2.75, 3.05) is 6.61 Å². The number of carbonyl (C=O) groups is 1. The Morgan fingerprint density at radius 1 is 1.45 bits per heavy atom. The van der Waals surface area contributed by atoms with Crippen LogP contribution in [-0.4, -0.2) is 23.7 Å². The minimum atomic E-state index is -0.833. The van der Waals surface area contributed by atoms with Crippen LogP contribution in [0.2, 0.25) is 0 Å². The average Bonchev–Trinajstić information content (AvgIpc) is 2.41. The van der Waals surface area contributed by atoms with Crippen LogP contribution in [0.3, 0.4) is 0 Å². The fourth-order valence-corrected chi connectivity index (χ4v) is 1.89. The van der Waals surface area contributed by atoms with E-state index in [1.807, 2.05) is 38.1 Å². The van der Waals surface area contributed by atoms with Crippen LogP contribution in [-0.2, 0) is 11.3 Å². The number of para-hydroxylation sites is 1. The van der Waals surface area contributed by atoms with E-state index >= 15 is 0 Å². The third kappa shape index (κ3) is 5.33. The summed E-state index contributed by atoms with van der Waals surface area (Å²) >= 11 is 0. The number of carboxylic acid groups (broad SMARTS) is 1. The number of rotatable bonds is 8. The predicted octanol–water partition coefficient (Wildman–Crippen LogP) is 2.29. The van der Waals surface area contributed by atoms with Crippen molar-refractivity contribution in [2.45, 2.75) is 32.9 Å². The van der Waals surface area contributed by atoms with E-state index in [9.17, 15) is 9.90 Å². The molecule has 1 unspecified atom stereocenters. The van der Waals surface area contributed by atoms with Gasteiger partial charge in [0.05, 0.1) is 0 Å². The monoisotopic (exact) mass is 275 g/mol. The van der Waals surface area contributed by atoms with Gasteiger partial charge in [-0.25, -0.2) is 0 Å². The number of carboxylic acids is 1. The molecule has 108 valence electrons. The predicted molar refractivity (Wildman–Crippen MR) is 78.5 cm³/mol. The van der Waals surface area contributed by atoms with Crippen molar-refractivity contribution in [1.82, 2.24) is 5.32 Å². The largest absolute Gasteiger partial charge is 0.481 e. The summed E-state index contributed by atoms with van der Waals surface area (Å²) in [5.74, 6) is 2.59. The Balaban J connectivity index is 2.68. The molecule has 1 aromatic rings. The number of nitrogens with one attached hydrogen (secondary N) is 1. The Bertz CT molecular complexity index is 477. The molecule has 0 fully saturated rings. The normalized spacial score (nSPS) is 11.9. The second-order valence-electron chi connectivity index (χ2n) is 5.00. The summed E-state index contributed by atoms with van der Waals surface area (Å²) in [6.45, 7) is 4.64. The zero-order valence-electron chi connectivity index (χ0n) is 11.9. The van der Waals surface area contributed by atoms with Gasteiger partial charge in [-0.15, -0.1) is 6.42 Å². The third-order valence-corrected chi connectivity index (χ3v) is 2.83. The Morgan fingerprint density at radius 2 is 2.15 bits per heavy atom. The second kappa shape index (κ2) is 8.23. The minimum absolute atomic E-state index is 0.200. The third-order valence-electron chi connectivity index (χ3n) is 2.83. The van der Waals surface area contributed by atoms with Gasteiger partial charge in [-0.1, -0.05) is 38.0 Å². The van der Waals surface area contributed by atoms with E-state index in [0.717, 1.165) is 5.56 Å². The maximum atomic E-state index is 11.2. The minimum Gasteiger partial charge on any atom is -0.481 e. The van der Waals surface area contributed by atoms with Crippen LogP contribution in [0.5, 0.6) is 5.75 Å². The summed E-state index contributed by atoms with van der Waals surface area (Å²) in [5.41, 5.74) is 0.901. The molecule has 4 heteroatoms. The maximum absolute atomic E-state index is 11.2. The molecule has 0 heterocycles. The molecular weight excluding hydrogens is 254 g/mol. The van der Waals surface area contributed by atoms with Crippen molar-refractivity contribution >= 4 is 5.97 Å². The van der Waals surface area contributed by atoms with Crippen LogP contribution < -0.4 is 10.1 Å². The molecule has 2 N–H and O–H groups in total. The van der Waals surface area contributed by atoms with Gasteiger partial charge in [0, 0.05) is 12.1 Å². The zero-order valence-corrected chi connectivity index (χ0v) is 11.9. The second-order valence-corrected chi connectivity index (χ2v) is 5.00. The zero-order chi connectivity index (χ0) is 15.0. The number of ether oxygens (including phenoxy) is 1. The van der Waals surface area contributed by atoms with Crippen LogP contribution in [0.25, 0.3) is 0 Å². The van der Waals surface area contributed by atoms with Gasteiger partial charge < -0.3 is 15.2 Å². The molecule has 0 aliphatic carbocycles. The number of hydrogen-bond acceptors (Lipinski definition) is 3. The smallest absolute Gasteiger partial charge is 0.320 e. The molecule has 1 rings (SSSR count). The molecule has 0 amide bonds. The highest BCUT2D eigenvalue weighted by molar-refractivity contribution is 5.73. The first-order valence-electron chi connectivity index (χ1n) is 6.65. The van der Waals surface area contributed by atoms with E-state index in [-0.39, 0.29) is 6.61 Å². The Kier molecular flexibility index (Phi) is 6.61. The molecule has 4 nitrogen and oxygen atoms in total. The van der Waals surface area contributed by atoms with Gasteiger partial charge >= 0.3 is 5.97 Å². The molecule has 1 aromatic carbocycles. The van der Waals surface area contributed by atoms with E-state index in [1.165, 1.54) is 0 Å². The highest BCUT2D eigenvalue weighted by Gasteiger charge is 2.18. The van der Waals surface area contributed by atoms with Crippen molar-refractivity contribution < 1.29 is 14.6 Å². The Morgan fingerprint density at radius 3 is 2.75 bits per heavy atom. The van der Waals surface area contributed by atoms with Crippen LogP contribution in [0.4, 0.5) is 0 Å². The fraction of sp³-hybridized carbons (Fsp3) is 0.438. The number of hydrogen-bond donors (Lipinski definition) is 2. The van der Waals surface area contributed by atoms with E-state index in [2.05, 4.69) is 11.2 Å². The standard InChI is InChI=1S/C16H21NO3/c1-4-9-20-15-8-6-5-7-13(15)11-17-14(16(18)19)10-12(2)3/h1,5-8,12,14,17H,9-11H2,2-3H3,(H,18,19). The first-order valence-corrected chi connectivity index (χ1v) is 6.65. The lowest BCUT2D eigenvalue weighted by Crippen LogP contribution is -2.37. The Labute approximate surface area is 120 Å². The van der Waals surface area contributed by atoms with E-state index in [0.29, 0.717) is 24.6 Å². The molecule has 0 bridgehead atoms. The average molecular weight is 275 g/mol. The van der Waals surface area contributed by atoms with Crippen molar-refractivity contribution in [2.24, 2.45) is 5.92 Å². The van der Waals surface area contributed by atoms with E-state index < -0.39 is 12.0 Å². The van der Waals surface area contributed by atoms with Gasteiger partial charge in [0.15, 0.2) is 0 Å². The number of terminal acetylenes is 1. The SMILES string of the molecule is C#CCOc1ccccc1CNC(CC(C)C)C(=O)O. The lowest BCUT2D eigenvalue weighted by atomic mass is 10.0. The highest BCUT2D eigenvalue weighted by Crippen LogP contribution is 2.18. The number of aliphatic carboxylic acids is 1. The maximum Gasteiger partial charge on any atom is 0.320 e. The molecule has 0 aliphatic rings. The summed E-state index contributed by atoms with van der Waals surface area (Å²) in [7, 11) is 0. The van der Waals surface area contributed by atoms with Crippen LogP contribution in [0, 0.1) is 18.3 Å². The summed E-state index contributed by atoms with van der Waals surface area (Å²) in [6, 6.07) is 6.91. The summed E-state index contributed by atoms with van der Waals surface area (Å²) in [5, 5.41) is 12.2. The van der Waals surface area contributed by atoms with Crippen LogP contribution >= 0.6 is 0 Å². The van der Waals surface area contributed by atoms with E-state index in [4.69, 9.17) is 11.2 Å². The van der Waals surface area contributed by atoms with Crippen molar-refractivity contribution in [3.05, 3.63) is 29.8 Å². The molecule has 0 saturated carbocycles. The molecule has 0 aromatic heterocycles. The lowest BCUT2D eigenvalue weighted by Gasteiger charge is -2.17. The molecule has 0 radical (unpaired) electrons. The molecule has 0 spiro atoms. The summed E-state index contributed by atoms with van der Waals surface area (Å²) in [6.07, 6.45) is 5.76. The summed E-state index contributed by atoms with van der Waals surface area (Å²) < 4.78 is 5.44. The van der Waals surface area contributed by atoms with Crippen molar-refractivity contribution in [1.29, 1.82) is 0 Å². The van der Waals surface area contributed by atoms with Gasteiger partial charge in [0.1, 0.15) is 18.4 Å². The molecule has 0 aliphatic heterocycles. The molecule has 1 atom stereocenters. The first-order chi connectivity index (χ1) is 9.54. The summed E-state index contributed by atoms with van der Waals surface area (Å²) in [4.78, 5) is 11.2. The van der Waals surface area contributed by atoms with Gasteiger partial charge in [0.25, 0.3) is 0 Å². The van der Waals surface area contributed by atoms with Crippen molar-refractivity contribution in [3.8, 4) is 18.1 Å². The highest BCUT2D eigenvalue weighted by atomic mass is 16.5. The lowest BCUT2D eigenvalue weighted by molar-refractivity contribution is -0.140. The molecule has 0 saturated heterocycles. The van der Waals surface area contributed by atoms with Gasteiger partial charge in [0.2, 0.25) is 0 Å². The molecule has 20 heavy (non-hydrogen) atoms. The molecular formula is C16H21NO3. The van der Waals surface area contributed by atoms with E-state index in [1.54, 1.807) is 0 Å². The van der Waals surface area contributed by atoms with Gasteiger partial charge in [-0.2, -0.15) is 0 Å². The number of benzene rings is 1. The van der Waals surface area contributed by atoms with Crippen LogP contribution in [0.1, 0.15) is 25.8 Å². The topological polar surface area (TPSA) is 58.6 Å². The van der Waals surface area contributed by atoms with Crippen LogP contribution in [0.15, 0.2) is 24.3 Å². The first kappa shape index (κ1) is 16.1. The van der Waals surface area contributed by atoms with Gasteiger partial charge in [-0.05, 0) is 18.4 Å². The fourth-order valence-electron chi connectivity index (χ4n) is 1.89. The van der Waals surface area contributed by atoms with Crippen molar-refractivity contribution in [3.63, 3.8) is 0 Å². The quantitative estimate of drug-likeness (QED) is 0.715. The Hall–Kier alpha value is -1.99. The van der Waals surface area contributed by atoms with Gasteiger partial charge in [-0.3, -0.25) is 4.79 Å².